The Morgan fingerprint density at radius 1 is 0.727 bits per heavy atom. The summed E-state index contributed by atoms with van der Waals surface area (Å²) >= 11 is 0. The van der Waals surface area contributed by atoms with Gasteiger partial charge in [-0.2, -0.15) is 44.9 Å². The van der Waals surface area contributed by atoms with Gasteiger partial charge in [-0.15, -0.1) is 8.57 Å². The summed E-state index contributed by atoms with van der Waals surface area (Å²) in [7, 11) is -5.08. The first kappa shape index (κ1) is 24.1. The molecule has 0 aliphatic carbocycles. The SMILES string of the molecule is O=C1N2CC(CCC2CC(F)(F)F)N1OS(=O)(=O)ON1C(=O)N2CC1CCC2CC(F)(F)F. The van der Waals surface area contributed by atoms with Crippen LogP contribution >= 0.6 is 0 Å². The summed E-state index contributed by atoms with van der Waals surface area (Å²) in [5.74, 6) is 0. The quantitative estimate of drug-likeness (QED) is 0.510. The van der Waals surface area contributed by atoms with E-state index in [0.29, 0.717) is 10.1 Å². The first-order chi connectivity index (χ1) is 15.1. The minimum Gasteiger partial charge on any atom is -0.317 e. The number of hydroxylamine groups is 4. The number of piperidine rings is 2. The van der Waals surface area contributed by atoms with E-state index in [-0.39, 0.29) is 38.8 Å². The Morgan fingerprint density at radius 3 is 1.42 bits per heavy atom. The van der Waals surface area contributed by atoms with Gasteiger partial charge < -0.3 is 9.80 Å². The van der Waals surface area contributed by atoms with Gasteiger partial charge in [-0.25, -0.2) is 9.59 Å². The molecule has 0 aromatic rings. The second-order valence-corrected chi connectivity index (χ2v) is 9.60. The van der Waals surface area contributed by atoms with Gasteiger partial charge in [-0.05, 0) is 25.7 Å². The number of urea groups is 2. The van der Waals surface area contributed by atoms with Crippen LogP contribution in [0.5, 0.6) is 0 Å². The number of fused-ring (bicyclic) bond motifs is 4. The van der Waals surface area contributed by atoms with Crippen molar-refractivity contribution in [2.45, 2.75) is 75.0 Å². The van der Waals surface area contributed by atoms with E-state index in [9.17, 15) is 44.3 Å². The van der Waals surface area contributed by atoms with Crippen molar-refractivity contribution in [2.75, 3.05) is 13.1 Å². The number of carbonyl (C=O) groups excluding carboxylic acids is 2. The van der Waals surface area contributed by atoms with Crippen molar-refractivity contribution < 1.29 is 52.9 Å². The minimum absolute atomic E-state index is 0.0150. The molecule has 4 saturated heterocycles. The molecule has 17 heteroatoms. The van der Waals surface area contributed by atoms with Gasteiger partial charge in [0.25, 0.3) is 0 Å². The Morgan fingerprint density at radius 2 is 1.09 bits per heavy atom. The molecule has 4 aliphatic heterocycles. The Bertz CT molecular complexity index is 848. The molecule has 4 amide bonds. The van der Waals surface area contributed by atoms with Gasteiger partial charge >= 0.3 is 34.8 Å². The van der Waals surface area contributed by atoms with Crippen LogP contribution in [0.3, 0.4) is 0 Å². The van der Waals surface area contributed by atoms with Crippen LogP contribution in [0.25, 0.3) is 0 Å². The molecular weight excluding hydrogens is 490 g/mol. The fraction of sp³-hybridized carbons (Fsp3) is 0.875. The number of amides is 4. The van der Waals surface area contributed by atoms with Crippen molar-refractivity contribution in [3.63, 3.8) is 0 Å². The molecule has 4 heterocycles. The summed E-state index contributed by atoms with van der Waals surface area (Å²) in [6.07, 6.45) is -11.5. The fourth-order valence-electron chi connectivity index (χ4n) is 4.79. The van der Waals surface area contributed by atoms with Crippen molar-refractivity contribution in [3.8, 4) is 0 Å². The lowest BCUT2D eigenvalue weighted by molar-refractivity contribution is -0.147. The summed E-state index contributed by atoms with van der Waals surface area (Å²) in [6.45, 7) is -0.347. The van der Waals surface area contributed by atoms with Crippen LogP contribution in [0.15, 0.2) is 0 Å². The predicted octanol–water partition coefficient (Wildman–Crippen LogP) is 2.54. The normalized spacial score (nSPS) is 30.6. The van der Waals surface area contributed by atoms with Gasteiger partial charge in [-0.1, -0.05) is 0 Å². The van der Waals surface area contributed by atoms with E-state index in [1.165, 1.54) is 0 Å². The molecule has 4 bridgehead atoms. The van der Waals surface area contributed by atoms with Gasteiger partial charge in [0.2, 0.25) is 0 Å². The average Bonchev–Trinajstić information content (AvgIpc) is 3.05. The third-order valence-electron chi connectivity index (χ3n) is 6.17. The molecule has 10 nitrogen and oxygen atoms in total. The molecule has 4 unspecified atom stereocenters. The van der Waals surface area contributed by atoms with Crippen LogP contribution in [0.2, 0.25) is 0 Å². The van der Waals surface area contributed by atoms with Crippen molar-refractivity contribution in [3.05, 3.63) is 0 Å². The van der Waals surface area contributed by atoms with Gasteiger partial charge in [0, 0.05) is 25.2 Å². The van der Waals surface area contributed by atoms with Crippen LogP contribution in [0, 0.1) is 0 Å². The predicted molar refractivity (Wildman–Crippen MR) is 93.9 cm³/mol. The van der Waals surface area contributed by atoms with Gasteiger partial charge in [-0.3, -0.25) is 0 Å². The van der Waals surface area contributed by atoms with Gasteiger partial charge in [0.05, 0.1) is 24.9 Å². The van der Waals surface area contributed by atoms with E-state index < -0.39 is 71.8 Å². The van der Waals surface area contributed by atoms with E-state index in [1.54, 1.807) is 0 Å². The fourth-order valence-corrected chi connectivity index (χ4v) is 5.58. The second kappa shape index (κ2) is 8.04. The molecule has 33 heavy (non-hydrogen) atoms. The summed E-state index contributed by atoms with van der Waals surface area (Å²) < 4.78 is 111. The first-order valence-corrected chi connectivity index (χ1v) is 11.4. The molecule has 4 rings (SSSR count). The van der Waals surface area contributed by atoms with Crippen molar-refractivity contribution >= 4 is 22.5 Å². The molecule has 0 aromatic heterocycles. The Balaban J connectivity index is 1.40. The van der Waals surface area contributed by atoms with E-state index in [2.05, 4.69) is 8.57 Å². The highest BCUT2D eigenvalue weighted by Gasteiger charge is 2.52. The summed E-state index contributed by atoms with van der Waals surface area (Å²) in [5.41, 5.74) is 0. The lowest BCUT2D eigenvalue weighted by Gasteiger charge is -2.30. The highest BCUT2D eigenvalue weighted by Crippen LogP contribution is 2.38. The molecule has 0 aromatic carbocycles. The van der Waals surface area contributed by atoms with Crippen LogP contribution in [0.4, 0.5) is 35.9 Å². The second-order valence-electron chi connectivity index (χ2n) is 8.49. The molecule has 0 saturated carbocycles. The topological polar surface area (TPSA) is 99.7 Å². The summed E-state index contributed by atoms with van der Waals surface area (Å²) in [5, 5.41) is 0.816. The van der Waals surface area contributed by atoms with Crippen molar-refractivity contribution in [1.29, 1.82) is 0 Å². The lowest BCUT2D eigenvalue weighted by atomic mass is 9.98. The maximum Gasteiger partial charge on any atom is 0.442 e. The zero-order valence-corrected chi connectivity index (χ0v) is 17.7. The number of rotatable bonds is 6. The smallest absolute Gasteiger partial charge is 0.317 e. The molecular formula is C16H20F6N4O6S. The summed E-state index contributed by atoms with van der Waals surface area (Å²) in [4.78, 5) is 26.7. The lowest BCUT2D eigenvalue weighted by Crippen LogP contribution is -2.42. The van der Waals surface area contributed by atoms with Crippen molar-refractivity contribution in [2.24, 2.45) is 0 Å². The molecule has 0 radical (unpaired) electrons. The van der Waals surface area contributed by atoms with E-state index in [0.717, 1.165) is 9.80 Å². The van der Waals surface area contributed by atoms with E-state index >= 15 is 0 Å². The molecule has 188 valence electrons. The number of nitrogens with zero attached hydrogens (tertiary/aromatic N) is 4. The number of carbonyl (C=O) groups is 2. The largest absolute Gasteiger partial charge is 0.442 e. The van der Waals surface area contributed by atoms with Gasteiger partial charge in [0.15, 0.2) is 0 Å². The number of halogens is 6. The van der Waals surface area contributed by atoms with Gasteiger partial charge in [0.1, 0.15) is 0 Å². The highest BCUT2D eigenvalue weighted by atomic mass is 32.3. The monoisotopic (exact) mass is 510 g/mol. The third kappa shape index (κ3) is 5.08. The zero-order valence-electron chi connectivity index (χ0n) is 16.9. The molecule has 4 fully saturated rings. The Hall–Kier alpha value is -2.01. The van der Waals surface area contributed by atoms with Crippen LogP contribution < -0.4 is 0 Å². The summed E-state index contributed by atoms with van der Waals surface area (Å²) in [6, 6.07) is -6.17. The molecule has 0 spiro atoms. The van der Waals surface area contributed by atoms with Crippen LogP contribution in [-0.2, 0) is 19.0 Å². The highest BCUT2D eigenvalue weighted by molar-refractivity contribution is 7.81. The number of hydrogen-bond acceptors (Lipinski definition) is 6. The zero-order chi connectivity index (χ0) is 24.3. The third-order valence-corrected chi connectivity index (χ3v) is 6.86. The Kier molecular flexibility index (Phi) is 5.88. The van der Waals surface area contributed by atoms with E-state index in [4.69, 9.17) is 0 Å². The molecule has 0 N–H and O–H groups in total. The van der Waals surface area contributed by atoms with Crippen LogP contribution in [-0.4, -0.2) is 90.0 Å². The van der Waals surface area contributed by atoms with Crippen molar-refractivity contribution in [1.82, 2.24) is 19.9 Å². The number of hydrogen-bond donors (Lipinski definition) is 0. The Labute approximate surface area is 184 Å². The van der Waals surface area contributed by atoms with Crippen LogP contribution in [0.1, 0.15) is 38.5 Å². The maximum atomic E-state index is 12.7. The first-order valence-electron chi connectivity index (χ1n) is 10.1. The number of alkyl halides is 6. The standard InChI is InChI=1S/C16H20F6N4O6S/c17-15(18,19)5-9-1-3-11-7-23(9)13(27)25(11)31-33(29,30)32-26-12-4-2-10(6-16(20,21)22)24(8-12)14(26)28/h9-12H,1-8H2. The minimum atomic E-state index is -5.08. The van der Waals surface area contributed by atoms with E-state index in [1.807, 2.05) is 0 Å². The molecule has 4 aliphatic rings. The average molecular weight is 510 g/mol. The molecule has 4 atom stereocenters. The maximum absolute atomic E-state index is 12.7.